The van der Waals surface area contributed by atoms with Gasteiger partial charge in [0.2, 0.25) is 5.91 Å². The van der Waals surface area contributed by atoms with E-state index in [0.29, 0.717) is 5.84 Å². The standard InChI is InChI=1S/C21H25N3O2/c1-15-9-12-18-23-19(25)13-21(3,24(18)14-15)20(26)22-16(2)10-11-17-7-5-4-6-8-17/h4-9,12,14,16H,10-11,13H2,1-3H3,(H,22,26). The summed E-state index contributed by atoms with van der Waals surface area (Å²) in [6.07, 6.45) is 7.39. The SMILES string of the molecule is CC1=CN2C(=NC(=O)CC2(C)C(=O)NC(C)CCc2ccccc2)C=C1. The largest absolute Gasteiger partial charge is 0.352 e. The summed E-state index contributed by atoms with van der Waals surface area (Å²) < 4.78 is 0. The van der Waals surface area contributed by atoms with Crippen LogP contribution in [0.4, 0.5) is 0 Å². The highest BCUT2D eigenvalue weighted by Crippen LogP contribution is 2.29. The summed E-state index contributed by atoms with van der Waals surface area (Å²) in [4.78, 5) is 31.0. The number of aliphatic imine (C=N–C) groups is 1. The molecule has 1 aromatic carbocycles. The lowest BCUT2D eigenvalue weighted by molar-refractivity contribution is -0.135. The molecule has 1 aromatic rings. The number of hydrogen-bond donors (Lipinski definition) is 1. The molecule has 0 saturated carbocycles. The van der Waals surface area contributed by atoms with E-state index in [1.807, 2.05) is 56.1 Å². The van der Waals surface area contributed by atoms with Gasteiger partial charge in [-0.2, -0.15) is 4.99 Å². The second kappa shape index (κ2) is 7.28. The topological polar surface area (TPSA) is 61.8 Å². The van der Waals surface area contributed by atoms with Gasteiger partial charge < -0.3 is 10.2 Å². The summed E-state index contributed by atoms with van der Waals surface area (Å²) in [6.45, 7) is 5.77. The van der Waals surface area contributed by atoms with Gasteiger partial charge in [0, 0.05) is 12.2 Å². The Kier molecular flexibility index (Phi) is 5.07. The summed E-state index contributed by atoms with van der Waals surface area (Å²) in [6, 6.07) is 10.2. The normalized spacial score (nSPS) is 23.0. The Labute approximate surface area is 154 Å². The molecule has 2 aliphatic heterocycles. The van der Waals surface area contributed by atoms with Crippen LogP contribution in [0.25, 0.3) is 0 Å². The third kappa shape index (κ3) is 3.77. The Hall–Kier alpha value is -2.69. The van der Waals surface area contributed by atoms with Gasteiger partial charge in [0.25, 0.3) is 5.91 Å². The van der Waals surface area contributed by atoms with Gasteiger partial charge in [-0.05, 0) is 50.8 Å². The average molecular weight is 351 g/mol. The van der Waals surface area contributed by atoms with Crippen LogP contribution in [0.1, 0.15) is 39.2 Å². The fourth-order valence-electron chi connectivity index (χ4n) is 3.30. The molecule has 0 aliphatic carbocycles. The number of carbonyl (C=O) groups excluding carboxylic acids is 2. The van der Waals surface area contributed by atoms with Crippen LogP contribution in [-0.2, 0) is 16.0 Å². The third-order valence-corrected chi connectivity index (χ3v) is 4.92. The number of nitrogens with one attached hydrogen (secondary N) is 1. The van der Waals surface area contributed by atoms with Crippen LogP contribution in [0.3, 0.4) is 0 Å². The van der Waals surface area contributed by atoms with E-state index in [9.17, 15) is 9.59 Å². The van der Waals surface area contributed by atoms with E-state index < -0.39 is 5.54 Å². The molecule has 3 rings (SSSR count). The summed E-state index contributed by atoms with van der Waals surface area (Å²) in [5.74, 6) is 0.128. The molecule has 2 aliphatic rings. The zero-order valence-corrected chi connectivity index (χ0v) is 15.5. The molecule has 2 amide bonds. The van der Waals surface area contributed by atoms with Gasteiger partial charge in [-0.1, -0.05) is 36.4 Å². The van der Waals surface area contributed by atoms with E-state index in [4.69, 9.17) is 0 Å². The Morgan fingerprint density at radius 2 is 2.04 bits per heavy atom. The number of benzene rings is 1. The molecule has 0 spiro atoms. The van der Waals surface area contributed by atoms with Gasteiger partial charge in [-0.15, -0.1) is 0 Å². The summed E-state index contributed by atoms with van der Waals surface area (Å²) >= 11 is 0. The van der Waals surface area contributed by atoms with E-state index in [-0.39, 0.29) is 24.3 Å². The van der Waals surface area contributed by atoms with Crippen LogP contribution >= 0.6 is 0 Å². The number of nitrogens with zero attached hydrogens (tertiary/aromatic N) is 2. The van der Waals surface area contributed by atoms with Crippen LogP contribution in [0.15, 0.2) is 59.2 Å². The first-order valence-corrected chi connectivity index (χ1v) is 9.01. The summed E-state index contributed by atoms with van der Waals surface area (Å²) in [5.41, 5.74) is 1.32. The Bertz CT molecular complexity index is 795. The fraction of sp³-hybridized carbons (Fsp3) is 0.381. The van der Waals surface area contributed by atoms with Crippen LogP contribution in [-0.4, -0.2) is 34.1 Å². The summed E-state index contributed by atoms with van der Waals surface area (Å²) in [7, 11) is 0. The zero-order valence-electron chi connectivity index (χ0n) is 15.5. The second-order valence-electron chi connectivity index (χ2n) is 7.29. The highest BCUT2D eigenvalue weighted by Gasteiger charge is 2.45. The highest BCUT2D eigenvalue weighted by molar-refractivity contribution is 6.09. The average Bonchev–Trinajstić information content (AvgIpc) is 2.61. The smallest absolute Gasteiger partial charge is 0.250 e. The van der Waals surface area contributed by atoms with E-state index in [2.05, 4.69) is 22.4 Å². The Morgan fingerprint density at radius 3 is 2.77 bits per heavy atom. The number of fused-ring (bicyclic) bond motifs is 1. The van der Waals surface area contributed by atoms with Gasteiger partial charge in [-0.3, -0.25) is 9.59 Å². The number of amidine groups is 1. The first-order valence-electron chi connectivity index (χ1n) is 9.01. The van der Waals surface area contributed by atoms with Gasteiger partial charge in [0.05, 0.1) is 6.42 Å². The predicted octanol–water partition coefficient (Wildman–Crippen LogP) is 2.99. The predicted molar refractivity (Wildman–Crippen MR) is 103 cm³/mol. The van der Waals surface area contributed by atoms with Crippen molar-refractivity contribution in [2.45, 2.75) is 51.6 Å². The first-order chi connectivity index (χ1) is 12.4. The Balaban J connectivity index is 1.68. The molecule has 2 atom stereocenters. The molecule has 5 heteroatoms. The number of aryl methyl sites for hydroxylation is 1. The van der Waals surface area contributed by atoms with E-state index in [0.717, 1.165) is 18.4 Å². The number of amides is 2. The van der Waals surface area contributed by atoms with Crippen molar-refractivity contribution in [3.63, 3.8) is 0 Å². The lowest BCUT2D eigenvalue weighted by Crippen LogP contribution is -2.61. The van der Waals surface area contributed by atoms with Crippen molar-refractivity contribution in [1.29, 1.82) is 0 Å². The number of rotatable bonds is 5. The zero-order chi connectivity index (χ0) is 18.7. The minimum Gasteiger partial charge on any atom is -0.352 e. The van der Waals surface area contributed by atoms with Crippen molar-refractivity contribution in [1.82, 2.24) is 10.2 Å². The lowest BCUT2D eigenvalue weighted by Gasteiger charge is -2.42. The third-order valence-electron chi connectivity index (χ3n) is 4.92. The van der Waals surface area contributed by atoms with Crippen molar-refractivity contribution in [3.05, 3.63) is 59.8 Å². The van der Waals surface area contributed by atoms with Crippen LogP contribution in [0, 0.1) is 0 Å². The van der Waals surface area contributed by atoms with E-state index in [1.165, 1.54) is 5.56 Å². The molecule has 0 fully saturated rings. The Morgan fingerprint density at radius 1 is 1.31 bits per heavy atom. The highest BCUT2D eigenvalue weighted by atomic mass is 16.2. The molecular formula is C21H25N3O2. The molecule has 0 aromatic heterocycles. The number of allylic oxidation sites excluding steroid dienone is 2. The number of carbonyl (C=O) groups is 2. The molecule has 5 nitrogen and oxygen atoms in total. The van der Waals surface area contributed by atoms with Crippen LogP contribution in [0.5, 0.6) is 0 Å². The maximum absolute atomic E-state index is 13.0. The van der Waals surface area contributed by atoms with Crippen molar-refractivity contribution in [2.75, 3.05) is 0 Å². The van der Waals surface area contributed by atoms with Crippen LogP contribution < -0.4 is 5.32 Å². The molecule has 0 radical (unpaired) electrons. The maximum atomic E-state index is 13.0. The second-order valence-corrected chi connectivity index (χ2v) is 7.29. The molecule has 2 heterocycles. The minimum absolute atomic E-state index is 0.0161. The minimum atomic E-state index is -0.957. The maximum Gasteiger partial charge on any atom is 0.250 e. The lowest BCUT2D eigenvalue weighted by atomic mass is 9.90. The molecule has 2 unspecified atom stereocenters. The molecule has 136 valence electrons. The van der Waals surface area contributed by atoms with Gasteiger partial charge >= 0.3 is 0 Å². The quantitative estimate of drug-likeness (QED) is 0.887. The molecule has 26 heavy (non-hydrogen) atoms. The monoisotopic (exact) mass is 351 g/mol. The van der Waals surface area contributed by atoms with Crippen molar-refractivity contribution in [3.8, 4) is 0 Å². The van der Waals surface area contributed by atoms with Crippen molar-refractivity contribution >= 4 is 17.6 Å². The van der Waals surface area contributed by atoms with E-state index >= 15 is 0 Å². The number of hydrogen-bond acceptors (Lipinski definition) is 3. The first kappa shape index (κ1) is 18.1. The van der Waals surface area contributed by atoms with Gasteiger partial charge in [0.15, 0.2) is 0 Å². The van der Waals surface area contributed by atoms with Crippen molar-refractivity contribution in [2.24, 2.45) is 4.99 Å². The van der Waals surface area contributed by atoms with Gasteiger partial charge in [0.1, 0.15) is 11.4 Å². The van der Waals surface area contributed by atoms with Crippen molar-refractivity contribution < 1.29 is 9.59 Å². The van der Waals surface area contributed by atoms with Crippen LogP contribution in [0.2, 0.25) is 0 Å². The molecule has 1 N–H and O–H groups in total. The summed E-state index contributed by atoms with van der Waals surface area (Å²) in [5, 5.41) is 3.09. The van der Waals surface area contributed by atoms with E-state index in [1.54, 1.807) is 6.08 Å². The molecular weight excluding hydrogens is 326 g/mol. The molecule has 0 saturated heterocycles. The fourth-order valence-corrected chi connectivity index (χ4v) is 3.30. The van der Waals surface area contributed by atoms with Gasteiger partial charge in [-0.25, -0.2) is 0 Å². The molecule has 0 bridgehead atoms.